The van der Waals surface area contributed by atoms with Crippen LogP contribution in [-0.2, 0) is 9.59 Å². The Labute approximate surface area is 183 Å². The number of nitrogens with zero attached hydrogens (tertiary/aromatic N) is 2. The van der Waals surface area contributed by atoms with Crippen LogP contribution in [0.2, 0.25) is 0 Å². The molecule has 0 radical (unpaired) electrons. The lowest BCUT2D eigenvalue weighted by molar-refractivity contribution is -0.139. The summed E-state index contributed by atoms with van der Waals surface area (Å²) in [5.41, 5.74) is 0. The maximum absolute atomic E-state index is 13.1. The average molecular weight is 449 g/mol. The van der Waals surface area contributed by atoms with Crippen molar-refractivity contribution in [3.05, 3.63) is 0 Å². The third kappa shape index (κ3) is 6.64. The smallest absolute Gasteiger partial charge is 0.317 e. The molecule has 2 fully saturated rings. The van der Waals surface area contributed by atoms with Gasteiger partial charge in [0.25, 0.3) is 5.91 Å². The van der Waals surface area contributed by atoms with E-state index in [1.165, 1.54) is 6.42 Å². The highest BCUT2D eigenvalue weighted by Crippen LogP contribution is 2.19. The number of hydrogen-bond acceptors (Lipinski definition) is 3. The summed E-state index contributed by atoms with van der Waals surface area (Å²) in [5.74, 6) is -0.770. The molecule has 7 nitrogen and oxygen atoms in total. The quantitative estimate of drug-likeness (QED) is 0.612. The average Bonchev–Trinajstić information content (AvgIpc) is 2.71. The summed E-state index contributed by atoms with van der Waals surface area (Å²) in [7, 11) is 0. The van der Waals surface area contributed by atoms with E-state index < -0.39 is 16.8 Å². The number of carbonyl (C=O) groups is 3. The van der Waals surface area contributed by atoms with Crippen LogP contribution >= 0.6 is 23.2 Å². The zero-order valence-corrected chi connectivity index (χ0v) is 19.1. The number of nitrogens with one attached hydrogen (secondary N) is 2. The van der Waals surface area contributed by atoms with E-state index in [0.29, 0.717) is 19.6 Å². The lowest BCUT2D eigenvalue weighted by atomic mass is 9.95. The van der Waals surface area contributed by atoms with Crippen LogP contribution in [0.3, 0.4) is 0 Å². The molecule has 4 amide bonds. The van der Waals surface area contributed by atoms with Crippen LogP contribution in [0.4, 0.5) is 4.79 Å². The highest BCUT2D eigenvalue weighted by molar-refractivity contribution is 6.53. The Morgan fingerprint density at radius 1 is 1.10 bits per heavy atom. The van der Waals surface area contributed by atoms with Crippen LogP contribution in [0.25, 0.3) is 0 Å². The molecule has 3 atom stereocenters. The predicted molar refractivity (Wildman–Crippen MR) is 115 cm³/mol. The molecule has 3 unspecified atom stereocenters. The van der Waals surface area contributed by atoms with Crippen LogP contribution in [0.1, 0.15) is 59.3 Å². The van der Waals surface area contributed by atoms with E-state index in [4.69, 9.17) is 23.2 Å². The maximum Gasteiger partial charge on any atom is 0.317 e. The zero-order valence-electron chi connectivity index (χ0n) is 17.6. The molecule has 1 saturated heterocycles. The number of amides is 4. The van der Waals surface area contributed by atoms with Crippen molar-refractivity contribution in [2.45, 2.75) is 82.3 Å². The highest BCUT2D eigenvalue weighted by Gasteiger charge is 2.36. The molecular weight excluding hydrogens is 415 g/mol. The molecule has 2 aliphatic rings. The van der Waals surface area contributed by atoms with Crippen molar-refractivity contribution in [1.82, 2.24) is 20.4 Å². The van der Waals surface area contributed by atoms with Gasteiger partial charge in [0, 0.05) is 31.7 Å². The number of carbonyl (C=O) groups excluding carboxylic acids is 3. The summed E-state index contributed by atoms with van der Waals surface area (Å²) in [4.78, 5) is 40.1. The molecule has 166 valence electrons. The normalized spacial score (nSPS) is 22.9. The highest BCUT2D eigenvalue weighted by atomic mass is 35.5. The third-order valence-electron chi connectivity index (χ3n) is 6.11. The van der Waals surface area contributed by atoms with Gasteiger partial charge in [-0.15, -0.1) is 0 Å². The summed E-state index contributed by atoms with van der Waals surface area (Å²) in [6.45, 7) is 7.18. The number of urea groups is 1. The lowest BCUT2D eigenvalue weighted by Crippen LogP contribution is -2.62. The second-order valence-electron chi connectivity index (χ2n) is 8.28. The van der Waals surface area contributed by atoms with Gasteiger partial charge in [0.05, 0.1) is 0 Å². The van der Waals surface area contributed by atoms with E-state index in [-0.39, 0.29) is 29.9 Å². The Morgan fingerprint density at radius 2 is 1.76 bits per heavy atom. The van der Waals surface area contributed by atoms with Gasteiger partial charge < -0.3 is 20.4 Å². The van der Waals surface area contributed by atoms with Crippen LogP contribution < -0.4 is 10.6 Å². The monoisotopic (exact) mass is 448 g/mol. The summed E-state index contributed by atoms with van der Waals surface area (Å²) in [6.07, 6.45) is 6.37. The van der Waals surface area contributed by atoms with Crippen molar-refractivity contribution < 1.29 is 14.4 Å². The molecule has 0 aromatic carbocycles. The van der Waals surface area contributed by atoms with Gasteiger partial charge in [-0.25, -0.2) is 4.79 Å². The van der Waals surface area contributed by atoms with Crippen LogP contribution in [0.15, 0.2) is 0 Å². The maximum atomic E-state index is 13.1. The summed E-state index contributed by atoms with van der Waals surface area (Å²) in [6, 6.07) is -0.566. The first-order chi connectivity index (χ1) is 13.7. The molecule has 1 aliphatic carbocycles. The van der Waals surface area contributed by atoms with Crippen molar-refractivity contribution in [2.24, 2.45) is 5.92 Å². The van der Waals surface area contributed by atoms with E-state index in [2.05, 4.69) is 10.6 Å². The fourth-order valence-corrected chi connectivity index (χ4v) is 4.19. The van der Waals surface area contributed by atoms with E-state index in [1.807, 2.05) is 25.7 Å². The van der Waals surface area contributed by atoms with Gasteiger partial charge in [-0.05, 0) is 25.7 Å². The molecule has 1 saturated carbocycles. The van der Waals surface area contributed by atoms with Gasteiger partial charge in [-0.3, -0.25) is 9.59 Å². The topological polar surface area (TPSA) is 81.8 Å². The molecule has 1 heterocycles. The molecule has 0 aromatic heterocycles. The second-order valence-corrected chi connectivity index (χ2v) is 9.38. The van der Waals surface area contributed by atoms with Gasteiger partial charge in [-0.2, -0.15) is 0 Å². The van der Waals surface area contributed by atoms with Gasteiger partial charge in [0.1, 0.15) is 6.04 Å². The standard InChI is InChI=1S/C20H34Cl2N4O3/c1-4-13(2)16(24-18(27)17(21)22)19(28)25-10-11-26(14(3)12-25)20(29)23-15-8-6-5-7-9-15/h13-17H,4-12H2,1-3H3,(H,23,29)(H,24,27). The Bertz CT molecular complexity index is 584. The van der Waals surface area contributed by atoms with Crippen molar-refractivity contribution in [1.29, 1.82) is 0 Å². The van der Waals surface area contributed by atoms with Crippen molar-refractivity contribution >= 4 is 41.0 Å². The van der Waals surface area contributed by atoms with Crippen molar-refractivity contribution in [2.75, 3.05) is 19.6 Å². The van der Waals surface area contributed by atoms with Gasteiger partial charge in [0.15, 0.2) is 4.84 Å². The molecule has 0 aromatic rings. The first-order valence-electron chi connectivity index (χ1n) is 10.7. The SMILES string of the molecule is CCC(C)C(NC(=O)C(Cl)Cl)C(=O)N1CCN(C(=O)NC2CCCCC2)C(C)C1. The molecule has 0 spiro atoms. The number of hydrogen-bond donors (Lipinski definition) is 2. The first kappa shape index (κ1) is 24.1. The Balaban J connectivity index is 1.95. The molecule has 1 aliphatic heterocycles. The van der Waals surface area contributed by atoms with E-state index >= 15 is 0 Å². The second kappa shape index (κ2) is 11.3. The fraction of sp³-hybridized carbons (Fsp3) is 0.850. The minimum atomic E-state index is -1.21. The molecule has 9 heteroatoms. The van der Waals surface area contributed by atoms with Crippen LogP contribution in [-0.4, -0.2) is 70.2 Å². The first-order valence-corrected chi connectivity index (χ1v) is 11.6. The summed E-state index contributed by atoms with van der Waals surface area (Å²) >= 11 is 11.3. The Morgan fingerprint density at radius 3 is 2.31 bits per heavy atom. The molecule has 29 heavy (non-hydrogen) atoms. The molecular formula is C20H34Cl2N4O3. The lowest BCUT2D eigenvalue weighted by Gasteiger charge is -2.42. The van der Waals surface area contributed by atoms with Crippen molar-refractivity contribution in [3.63, 3.8) is 0 Å². The van der Waals surface area contributed by atoms with Crippen LogP contribution in [0.5, 0.6) is 0 Å². The van der Waals surface area contributed by atoms with E-state index in [1.54, 1.807) is 4.90 Å². The summed E-state index contributed by atoms with van der Waals surface area (Å²) in [5, 5.41) is 5.83. The molecule has 0 bridgehead atoms. The number of piperazine rings is 1. The minimum absolute atomic E-state index is 0.0459. The number of rotatable bonds is 6. The summed E-state index contributed by atoms with van der Waals surface area (Å²) < 4.78 is 0. The van der Waals surface area contributed by atoms with Crippen LogP contribution in [0, 0.1) is 5.92 Å². The van der Waals surface area contributed by atoms with Gasteiger partial charge in [-0.1, -0.05) is 62.7 Å². The third-order valence-corrected chi connectivity index (χ3v) is 6.50. The Kier molecular flexibility index (Phi) is 9.34. The zero-order chi connectivity index (χ0) is 21.6. The fourth-order valence-electron chi connectivity index (χ4n) is 4.06. The van der Waals surface area contributed by atoms with E-state index in [0.717, 1.165) is 32.1 Å². The molecule has 2 rings (SSSR count). The molecule has 2 N–H and O–H groups in total. The van der Waals surface area contributed by atoms with Gasteiger partial charge in [0.2, 0.25) is 5.91 Å². The van der Waals surface area contributed by atoms with E-state index in [9.17, 15) is 14.4 Å². The number of halogens is 2. The van der Waals surface area contributed by atoms with Crippen molar-refractivity contribution in [3.8, 4) is 0 Å². The largest absolute Gasteiger partial charge is 0.342 e. The van der Waals surface area contributed by atoms with Gasteiger partial charge >= 0.3 is 6.03 Å². The number of alkyl halides is 2. The Hall–Kier alpha value is -1.21. The predicted octanol–water partition coefficient (Wildman–Crippen LogP) is 2.90. The minimum Gasteiger partial charge on any atom is -0.342 e.